The molecule has 24 heavy (non-hydrogen) atoms. The van der Waals surface area contributed by atoms with Crippen molar-refractivity contribution in [3.63, 3.8) is 0 Å². The van der Waals surface area contributed by atoms with Crippen LogP contribution < -0.4 is 10.1 Å². The molecule has 1 saturated carbocycles. The number of carbonyl (C=O) groups is 1. The summed E-state index contributed by atoms with van der Waals surface area (Å²) in [5, 5.41) is 4.21. The molecule has 3 rings (SSSR count). The van der Waals surface area contributed by atoms with Gasteiger partial charge in [0.1, 0.15) is 5.75 Å². The molecule has 1 heterocycles. The van der Waals surface area contributed by atoms with Crippen LogP contribution in [0.1, 0.15) is 37.7 Å². The van der Waals surface area contributed by atoms with Gasteiger partial charge in [0.2, 0.25) is 5.91 Å². The van der Waals surface area contributed by atoms with E-state index in [1.165, 1.54) is 25.7 Å². The van der Waals surface area contributed by atoms with Gasteiger partial charge in [-0.05, 0) is 43.4 Å². The average Bonchev–Trinajstić information content (AvgIpc) is 2.98. The third-order valence-electron chi connectivity index (χ3n) is 5.19. The highest BCUT2D eigenvalue weighted by Gasteiger charge is 2.39. The number of likely N-dealkylation sites (N-methyl/N-ethyl adjacent to an activating group) is 1. The van der Waals surface area contributed by atoms with E-state index in [-0.39, 0.29) is 24.4 Å². The molecular formula is C18H26Cl2N2O2. The van der Waals surface area contributed by atoms with Gasteiger partial charge in [0, 0.05) is 30.2 Å². The zero-order chi connectivity index (χ0) is 16.4. The number of amides is 1. The minimum Gasteiger partial charge on any atom is -0.496 e. The van der Waals surface area contributed by atoms with E-state index in [0.717, 1.165) is 17.7 Å². The van der Waals surface area contributed by atoms with Gasteiger partial charge < -0.3 is 15.0 Å². The highest BCUT2D eigenvalue weighted by Crippen LogP contribution is 2.34. The van der Waals surface area contributed by atoms with Crippen LogP contribution in [0.4, 0.5) is 0 Å². The number of methoxy groups -OCH3 is 1. The number of nitrogens with one attached hydrogen (secondary N) is 1. The van der Waals surface area contributed by atoms with Gasteiger partial charge in [-0.25, -0.2) is 0 Å². The van der Waals surface area contributed by atoms with Crippen LogP contribution in [0.2, 0.25) is 5.02 Å². The molecule has 3 atom stereocenters. The fourth-order valence-electron chi connectivity index (χ4n) is 3.98. The van der Waals surface area contributed by atoms with Gasteiger partial charge in [-0.3, -0.25) is 4.79 Å². The minimum atomic E-state index is -0.0433. The topological polar surface area (TPSA) is 41.6 Å². The van der Waals surface area contributed by atoms with E-state index in [0.29, 0.717) is 23.5 Å². The largest absolute Gasteiger partial charge is 0.496 e. The SMILES string of the molecule is COc1ccc(Cl)cc1CN(C)C(=O)C1CC2CCCCC2N1.Cl. The summed E-state index contributed by atoms with van der Waals surface area (Å²) in [4.78, 5) is 14.5. The fraction of sp³-hybridized carbons (Fsp3) is 0.611. The predicted molar refractivity (Wildman–Crippen MR) is 99.0 cm³/mol. The van der Waals surface area contributed by atoms with Gasteiger partial charge >= 0.3 is 0 Å². The molecule has 4 nitrogen and oxygen atoms in total. The van der Waals surface area contributed by atoms with Crippen molar-refractivity contribution < 1.29 is 9.53 Å². The van der Waals surface area contributed by atoms with Crippen molar-refractivity contribution in [3.8, 4) is 5.75 Å². The van der Waals surface area contributed by atoms with E-state index in [4.69, 9.17) is 16.3 Å². The summed E-state index contributed by atoms with van der Waals surface area (Å²) in [6.45, 7) is 0.510. The third kappa shape index (κ3) is 4.16. The smallest absolute Gasteiger partial charge is 0.239 e. The molecule has 2 aliphatic rings. The molecule has 0 bridgehead atoms. The Bertz CT molecular complexity index is 568. The maximum atomic E-state index is 12.8. The van der Waals surface area contributed by atoms with Crippen molar-refractivity contribution in [1.29, 1.82) is 0 Å². The van der Waals surface area contributed by atoms with Crippen LogP contribution in [0.5, 0.6) is 5.75 Å². The summed E-state index contributed by atoms with van der Waals surface area (Å²) in [6.07, 6.45) is 6.03. The lowest BCUT2D eigenvalue weighted by Gasteiger charge is -2.24. The maximum Gasteiger partial charge on any atom is 0.239 e. The van der Waals surface area contributed by atoms with Crippen molar-refractivity contribution in [2.75, 3.05) is 14.2 Å². The lowest BCUT2D eigenvalue weighted by atomic mass is 9.85. The molecule has 1 aliphatic heterocycles. The first kappa shape index (κ1) is 19.4. The van der Waals surface area contributed by atoms with Crippen molar-refractivity contribution in [1.82, 2.24) is 10.2 Å². The van der Waals surface area contributed by atoms with Gasteiger partial charge in [-0.15, -0.1) is 12.4 Å². The van der Waals surface area contributed by atoms with Gasteiger partial charge in [0.25, 0.3) is 0 Å². The number of fused-ring (bicyclic) bond motifs is 1. The zero-order valence-electron chi connectivity index (χ0n) is 14.3. The van der Waals surface area contributed by atoms with E-state index in [2.05, 4.69) is 5.32 Å². The molecule has 0 radical (unpaired) electrons. The van der Waals surface area contributed by atoms with Gasteiger partial charge in [-0.2, -0.15) is 0 Å². The number of carbonyl (C=O) groups excluding carboxylic acids is 1. The summed E-state index contributed by atoms with van der Waals surface area (Å²) in [7, 11) is 3.49. The van der Waals surface area contributed by atoms with Crippen molar-refractivity contribution >= 4 is 29.9 Å². The molecule has 1 amide bonds. The maximum absolute atomic E-state index is 12.8. The number of hydrogen-bond acceptors (Lipinski definition) is 3. The van der Waals surface area contributed by atoms with Crippen LogP contribution >= 0.6 is 24.0 Å². The molecule has 1 aromatic rings. The Morgan fingerprint density at radius 1 is 1.38 bits per heavy atom. The van der Waals surface area contributed by atoms with Crippen LogP contribution in [-0.4, -0.2) is 37.0 Å². The molecular weight excluding hydrogens is 347 g/mol. The Morgan fingerprint density at radius 3 is 2.83 bits per heavy atom. The number of hydrogen-bond donors (Lipinski definition) is 1. The Labute approximate surface area is 155 Å². The quantitative estimate of drug-likeness (QED) is 0.876. The van der Waals surface area contributed by atoms with Gasteiger partial charge in [0.15, 0.2) is 0 Å². The Balaban J connectivity index is 0.00000208. The second-order valence-corrected chi connectivity index (χ2v) is 7.19. The molecule has 0 aromatic heterocycles. The lowest BCUT2D eigenvalue weighted by molar-refractivity contribution is -0.132. The normalized spacial score (nSPS) is 25.5. The first-order valence-electron chi connectivity index (χ1n) is 8.42. The molecule has 2 fully saturated rings. The standard InChI is InChI=1S/C18H25ClN2O2.ClH/c1-21(11-13-9-14(19)7-8-17(13)23-2)18(22)16-10-12-5-3-4-6-15(12)20-16;/h7-9,12,15-16,20H,3-6,10-11H2,1-2H3;1H. The molecule has 1 aliphatic carbocycles. The molecule has 0 spiro atoms. The second-order valence-electron chi connectivity index (χ2n) is 6.76. The Kier molecular flexibility index (Phi) is 6.79. The summed E-state index contributed by atoms with van der Waals surface area (Å²) in [6, 6.07) is 6.00. The molecule has 1 saturated heterocycles. The van der Waals surface area contributed by atoms with Gasteiger partial charge in [-0.1, -0.05) is 24.4 Å². The van der Waals surface area contributed by atoms with Crippen LogP contribution in [0, 0.1) is 5.92 Å². The molecule has 1 N–H and O–H groups in total. The van der Waals surface area contributed by atoms with E-state index in [1.54, 1.807) is 18.1 Å². The van der Waals surface area contributed by atoms with Crippen LogP contribution in [-0.2, 0) is 11.3 Å². The number of nitrogens with zero attached hydrogens (tertiary/aromatic N) is 1. The fourth-order valence-corrected chi connectivity index (χ4v) is 4.18. The minimum absolute atomic E-state index is 0. The van der Waals surface area contributed by atoms with Crippen LogP contribution in [0.15, 0.2) is 18.2 Å². The predicted octanol–water partition coefficient (Wildman–Crippen LogP) is 3.65. The Hall–Kier alpha value is -0.970. The monoisotopic (exact) mass is 372 g/mol. The highest BCUT2D eigenvalue weighted by molar-refractivity contribution is 6.30. The van der Waals surface area contributed by atoms with Crippen LogP contribution in [0.25, 0.3) is 0 Å². The molecule has 134 valence electrons. The average molecular weight is 373 g/mol. The van der Waals surface area contributed by atoms with Crippen molar-refractivity contribution in [2.45, 2.75) is 50.7 Å². The number of rotatable bonds is 4. The summed E-state index contributed by atoms with van der Waals surface area (Å²) >= 11 is 6.08. The van der Waals surface area contributed by atoms with E-state index >= 15 is 0 Å². The van der Waals surface area contributed by atoms with Gasteiger partial charge in [0.05, 0.1) is 13.2 Å². The number of ether oxygens (including phenoxy) is 1. The lowest BCUT2D eigenvalue weighted by Crippen LogP contribution is -2.43. The molecule has 3 unspecified atom stereocenters. The van der Waals surface area contributed by atoms with Crippen molar-refractivity contribution in [3.05, 3.63) is 28.8 Å². The first-order valence-corrected chi connectivity index (χ1v) is 8.79. The van der Waals surface area contributed by atoms with Crippen LogP contribution in [0.3, 0.4) is 0 Å². The van der Waals surface area contributed by atoms with E-state index in [1.807, 2.05) is 19.2 Å². The van der Waals surface area contributed by atoms with Crippen molar-refractivity contribution in [2.24, 2.45) is 5.92 Å². The summed E-state index contributed by atoms with van der Waals surface area (Å²) in [5.41, 5.74) is 0.936. The second kappa shape index (κ2) is 8.41. The number of halogens is 2. The highest BCUT2D eigenvalue weighted by atomic mass is 35.5. The summed E-state index contributed by atoms with van der Waals surface area (Å²) in [5.74, 6) is 1.61. The Morgan fingerprint density at radius 2 is 2.12 bits per heavy atom. The van der Waals surface area contributed by atoms with E-state index in [9.17, 15) is 4.79 Å². The van der Waals surface area contributed by atoms with E-state index < -0.39 is 0 Å². The number of benzene rings is 1. The molecule has 6 heteroatoms. The summed E-state index contributed by atoms with van der Waals surface area (Å²) < 4.78 is 5.37. The molecule has 1 aromatic carbocycles. The first-order chi connectivity index (χ1) is 11.1. The third-order valence-corrected chi connectivity index (χ3v) is 5.42. The zero-order valence-corrected chi connectivity index (χ0v) is 15.8.